The molecule has 0 fully saturated rings. The van der Waals surface area contributed by atoms with Gasteiger partial charge >= 0.3 is 0 Å². The topological polar surface area (TPSA) is 60.4 Å². The molecule has 0 aliphatic rings. The van der Waals surface area contributed by atoms with Crippen molar-refractivity contribution in [2.75, 3.05) is 0 Å². The molecule has 2 aromatic carbocycles. The van der Waals surface area contributed by atoms with Gasteiger partial charge in [-0.2, -0.15) is 0 Å². The monoisotopic (exact) mass is 304 g/mol. The molecule has 4 nitrogen and oxygen atoms in total. The minimum atomic E-state index is -0.178. The average Bonchev–Trinajstić information content (AvgIpc) is 2.90. The molecule has 0 N–H and O–H groups in total. The minimum Gasteiger partial charge on any atom is -0.464 e. The molecule has 0 unspecified atom stereocenters. The van der Waals surface area contributed by atoms with E-state index in [0.29, 0.717) is 22.1 Å². The molecule has 4 aromatic rings. The minimum absolute atomic E-state index is 0.121. The fourth-order valence-electron chi connectivity index (χ4n) is 2.73. The molecule has 2 aromatic heterocycles. The average molecular weight is 304 g/mol. The molecule has 0 radical (unpaired) electrons. The SMILES string of the molecule is Cc1c(C(=O)c2ccccc2)oc2cc3occc(=O)c3cc12. The van der Waals surface area contributed by atoms with E-state index < -0.39 is 0 Å². The van der Waals surface area contributed by atoms with E-state index in [1.54, 1.807) is 24.3 Å². The van der Waals surface area contributed by atoms with Gasteiger partial charge in [-0.1, -0.05) is 30.3 Å². The molecule has 0 saturated heterocycles. The van der Waals surface area contributed by atoms with Crippen LogP contribution in [0.1, 0.15) is 21.7 Å². The van der Waals surface area contributed by atoms with Gasteiger partial charge in [0.15, 0.2) is 11.2 Å². The summed E-state index contributed by atoms with van der Waals surface area (Å²) in [5, 5.41) is 1.22. The number of rotatable bonds is 2. The fourth-order valence-corrected chi connectivity index (χ4v) is 2.73. The summed E-state index contributed by atoms with van der Waals surface area (Å²) in [5.74, 6) is 0.108. The van der Waals surface area contributed by atoms with Crippen molar-refractivity contribution in [2.45, 2.75) is 6.92 Å². The molecule has 2 heterocycles. The quantitative estimate of drug-likeness (QED) is 0.524. The highest BCUT2D eigenvalue weighted by molar-refractivity contribution is 6.11. The summed E-state index contributed by atoms with van der Waals surface area (Å²) in [4.78, 5) is 24.6. The van der Waals surface area contributed by atoms with Crippen LogP contribution in [0.25, 0.3) is 21.9 Å². The lowest BCUT2D eigenvalue weighted by atomic mass is 10.0. The van der Waals surface area contributed by atoms with E-state index in [9.17, 15) is 9.59 Å². The predicted octanol–water partition coefficient (Wildman–Crippen LogP) is 4.08. The van der Waals surface area contributed by atoms with Gasteiger partial charge in [0, 0.05) is 28.6 Å². The molecule has 23 heavy (non-hydrogen) atoms. The maximum absolute atomic E-state index is 12.6. The van der Waals surface area contributed by atoms with Crippen LogP contribution in [0, 0.1) is 6.92 Å². The fraction of sp³-hybridized carbons (Fsp3) is 0.0526. The Balaban J connectivity index is 1.97. The first-order valence-electron chi connectivity index (χ1n) is 7.19. The predicted molar refractivity (Wildman–Crippen MR) is 86.9 cm³/mol. The third-order valence-electron chi connectivity index (χ3n) is 3.96. The Labute approximate surface area is 131 Å². The first-order chi connectivity index (χ1) is 11.1. The molecule has 112 valence electrons. The summed E-state index contributed by atoms with van der Waals surface area (Å²) in [6.07, 6.45) is 1.35. The van der Waals surface area contributed by atoms with Crippen LogP contribution in [-0.4, -0.2) is 5.78 Å². The second-order valence-corrected chi connectivity index (χ2v) is 5.38. The van der Waals surface area contributed by atoms with Crippen molar-refractivity contribution >= 4 is 27.7 Å². The van der Waals surface area contributed by atoms with Gasteiger partial charge in [0.2, 0.25) is 5.78 Å². The number of ketones is 1. The molecule has 0 atom stereocenters. The van der Waals surface area contributed by atoms with Gasteiger partial charge in [0.25, 0.3) is 0 Å². The van der Waals surface area contributed by atoms with Crippen molar-refractivity contribution < 1.29 is 13.6 Å². The maximum atomic E-state index is 12.6. The summed E-state index contributed by atoms with van der Waals surface area (Å²) in [6.45, 7) is 1.82. The third kappa shape index (κ3) is 2.07. The number of fused-ring (bicyclic) bond motifs is 2. The molecule has 0 saturated carbocycles. The lowest BCUT2D eigenvalue weighted by molar-refractivity contribution is 0.101. The number of aryl methyl sites for hydroxylation is 1. The molecular weight excluding hydrogens is 292 g/mol. The smallest absolute Gasteiger partial charge is 0.228 e. The van der Waals surface area contributed by atoms with Crippen molar-refractivity contribution in [3.05, 3.63) is 81.9 Å². The molecular formula is C19H12O4. The number of benzene rings is 2. The van der Waals surface area contributed by atoms with Gasteiger partial charge < -0.3 is 8.83 Å². The lowest BCUT2D eigenvalue weighted by Gasteiger charge is -1.98. The molecule has 0 bridgehead atoms. The van der Waals surface area contributed by atoms with Gasteiger partial charge in [-0.15, -0.1) is 0 Å². The Hall–Kier alpha value is -3.14. The molecule has 4 heteroatoms. The molecule has 0 aliphatic heterocycles. The molecule has 0 aliphatic carbocycles. The summed E-state index contributed by atoms with van der Waals surface area (Å²) in [7, 11) is 0. The lowest BCUT2D eigenvalue weighted by Crippen LogP contribution is -2.00. The first kappa shape index (κ1) is 13.5. The van der Waals surface area contributed by atoms with E-state index in [4.69, 9.17) is 8.83 Å². The van der Waals surface area contributed by atoms with Gasteiger partial charge in [0.1, 0.15) is 11.2 Å². The summed E-state index contributed by atoms with van der Waals surface area (Å²) in [6, 6.07) is 13.7. The zero-order valence-corrected chi connectivity index (χ0v) is 12.3. The van der Waals surface area contributed by atoms with Crippen LogP contribution in [0.4, 0.5) is 0 Å². The van der Waals surface area contributed by atoms with Crippen LogP contribution in [0.2, 0.25) is 0 Å². The molecule has 0 spiro atoms. The van der Waals surface area contributed by atoms with E-state index in [2.05, 4.69) is 0 Å². The highest BCUT2D eigenvalue weighted by Gasteiger charge is 2.20. The number of carbonyl (C=O) groups is 1. The second-order valence-electron chi connectivity index (χ2n) is 5.38. The van der Waals surface area contributed by atoms with E-state index in [1.807, 2.05) is 25.1 Å². The van der Waals surface area contributed by atoms with E-state index in [-0.39, 0.29) is 17.0 Å². The van der Waals surface area contributed by atoms with E-state index in [0.717, 1.165) is 10.9 Å². The van der Waals surface area contributed by atoms with E-state index in [1.165, 1.54) is 12.3 Å². The van der Waals surface area contributed by atoms with Crippen molar-refractivity contribution in [3.8, 4) is 0 Å². The summed E-state index contributed by atoms with van der Waals surface area (Å²) >= 11 is 0. The Kier molecular flexibility index (Phi) is 2.91. The zero-order chi connectivity index (χ0) is 16.0. The number of hydrogen-bond acceptors (Lipinski definition) is 4. The Bertz CT molecular complexity index is 1100. The standard InChI is InChI=1S/C19H12O4/c1-11-13-9-14-15(20)7-8-22-16(14)10-17(13)23-19(11)18(21)12-5-3-2-4-6-12/h2-10H,1H3. The molecule has 4 rings (SSSR count). The van der Waals surface area contributed by atoms with Gasteiger partial charge in [-0.05, 0) is 13.0 Å². The van der Waals surface area contributed by atoms with Crippen LogP contribution in [0.3, 0.4) is 0 Å². The van der Waals surface area contributed by atoms with Crippen molar-refractivity contribution in [2.24, 2.45) is 0 Å². The van der Waals surface area contributed by atoms with Crippen LogP contribution >= 0.6 is 0 Å². The van der Waals surface area contributed by atoms with Gasteiger partial charge in [0.05, 0.1) is 11.6 Å². The Morgan fingerprint density at radius 2 is 1.74 bits per heavy atom. The Morgan fingerprint density at radius 1 is 0.957 bits per heavy atom. The highest BCUT2D eigenvalue weighted by atomic mass is 16.3. The maximum Gasteiger partial charge on any atom is 0.228 e. The van der Waals surface area contributed by atoms with Gasteiger partial charge in [-0.25, -0.2) is 0 Å². The second kappa shape index (κ2) is 4.95. The van der Waals surface area contributed by atoms with E-state index >= 15 is 0 Å². The van der Waals surface area contributed by atoms with Crippen molar-refractivity contribution in [1.82, 2.24) is 0 Å². The first-order valence-corrected chi connectivity index (χ1v) is 7.19. The highest BCUT2D eigenvalue weighted by Crippen LogP contribution is 2.30. The van der Waals surface area contributed by atoms with Crippen LogP contribution < -0.4 is 5.43 Å². The Morgan fingerprint density at radius 3 is 2.52 bits per heavy atom. The van der Waals surface area contributed by atoms with Crippen molar-refractivity contribution in [3.63, 3.8) is 0 Å². The molecule has 0 amide bonds. The normalized spacial score (nSPS) is 11.2. The summed E-state index contributed by atoms with van der Waals surface area (Å²) < 4.78 is 11.1. The van der Waals surface area contributed by atoms with Crippen LogP contribution in [-0.2, 0) is 0 Å². The largest absolute Gasteiger partial charge is 0.464 e. The van der Waals surface area contributed by atoms with Gasteiger partial charge in [-0.3, -0.25) is 9.59 Å². The zero-order valence-electron chi connectivity index (χ0n) is 12.3. The summed E-state index contributed by atoms with van der Waals surface area (Å²) in [5.41, 5.74) is 2.14. The van der Waals surface area contributed by atoms with Crippen LogP contribution in [0.5, 0.6) is 0 Å². The number of hydrogen-bond donors (Lipinski definition) is 0. The van der Waals surface area contributed by atoms with Crippen LogP contribution in [0.15, 0.2) is 68.4 Å². The number of carbonyl (C=O) groups excluding carboxylic acids is 1. The van der Waals surface area contributed by atoms with Crippen molar-refractivity contribution in [1.29, 1.82) is 0 Å². The third-order valence-corrected chi connectivity index (χ3v) is 3.96. The number of furan rings is 1.